The van der Waals surface area contributed by atoms with Gasteiger partial charge in [0.15, 0.2) is 6.10 Å². The Bertz CT molecular complexity index is 1020. The number of hydrogen-bond donors (Lipinski definition) is 0. The highest BCUT2D eigenvalue weighted by atomic mass is 16.6. The standard InChI is InChI=1S/C61H118O6/c1-6-7-8-9-10-11-12-13-14-15-16-21-24-27-32-38-43-48-53-61(64)67-58(55-66-60(63)52-47-42-37-33-28-30-35-40-45-50-57(4)5)54-65-59(62)51-46-41-36-31-26-23-20-18-17-19-22-25-29-34-39-44-49-56(2)3/h56-58H,6-55H2,1-5H3/t58-/m0/s1. The summed E-state index contributed by atoms with van der Waals surface area (Å²) >= 11 is 0. The maximum absolute atomic E-state index is 12.9. The van der Waals surface area contributed by atoms with Crippen molar-refractivity contribution in [1.29, 1.82) is 0 Å². The Kier molecular flexibility index (Phi) is 52.5. The van der Waals surface area contributed by atoms with Crippen LogP contribution < -0.4 is 0 Å². The predicted octanol–water partition coefficient (Wildman–Crippen LogP) is 20.0. The number of hydrogen-bond acceptors (Lipinski definition) is 6. The molecule has 0 aromatic heterocycles. The molecule has 0 aliphatic heterocycles. The Hall–Kier alpha value is -1.59. The summed E-state index contributed by atoms with van der Waals surface area (Å²) in [4.78, 5) is 38.2. The van der Waals surface area contributed by atoms with Gasteiger partial charge in [-0.1, -0.05) is 304 Å². The minimum atomic E-state index is -0.763. The Balaban J connectivity index is 4.26. The van der Waals surface area contributed by atoms with E-state index < -0.39 is 6.10 Å². The summed E-state index contributed by atoms with van der Waals surface area (Å²) in [6, 6.07) is 0. The quantitative estimate of drug-likeness (QED) is 0.0343. The number of unbranched alkanes of at least 4 members (excludes halogenated alkanes) is 40. The van der Waals surface area contributed by atoms with E-state index in [0.29, 0.717) is 19.3 Å². The third-order valence-electron chi connectivity index (χ3n) is 14.0. The molecule has 6 nitrogen and oxygen atoms in total. The lowest BCUT2D eigenvalue weighted by atomic mass is 10.0. The van der Waals surface area contributed by atoms with Gasteiger partial charge in [-0.25, -0.2) is 0 Å². The maximum Gasteiger partial charge on any atom is 0.306 e. The lowest BCUT2D eigenvalue weighted by Crippen LogP contribution is -2.30. The summed E-state index contributed by atoms with van der Waals surface area (Å²) in [5.41, 5.74) is 0. The average Bonchev–Trinajstić information content (AvgIpc) is 3.30. The highest BCUT2D eigenvalue weighted by Crippen LogP contribution is 2.18. The third-order valence-corrected chi connectivity index (χ3v) is 14.0. The first-order chi connectivity index (χ1) is 32.7. The molecular weight excluding hydrogens is 829 g/mol. The Labute approximate surface area is 418 Å². The van der Waals surface area contributed by atoms with Crippen molar-refractivity contribution in [3.63, 3.8) is 0 Å². The largest absolute Gasteiger partial charge is 0.462 e. The molecule has 0 aliphatic rings. The zero-order valence-electron chi connectivity index (χ0n) is 46.0. The predicted molar refractivity (Wildman–Crippen MR) is 289 cm³/mol. The summed E-state index contributed by atoms with van der Waals surface area (Å²) in [6.07, 6.45) is 58.2. The second-order valence-corrected chi connectivity index (χ2v) is 21.9. The van der Waals surface area contributed by atoms with Crippen molar-refractivity contribution in [3.8, 4) is 0 Å². The van der Waals surface area contributed by atoms with Gasteiger partial charge in [-0.2, -0.15) is 0 Å². The van der Waals surface area contributed by atoms with Crippen LogP contribution in [-0.2, 0) is 28.6 Å². The van der Waals surface area contributed by atoms with Crippen molar-refractivity contribution in [2.45, 2.75) is 349 Å². The second kappa shape index (κ2) is 53.8. The van der Waals surface area contributed by atoms with Gasteiger partial charge in [0.2, 0.25) is 0 Å². The Morgan fingerprint density at radius 3 is 0.731 bits per heavy atom. The molecule has 0 rings (SSSR count). The zero-order valence-corrected chi connectivity index (χ0v) is 46.0. The number of ether oxygens (including phenoxy) is 3. The van der Waals surface area contributed by atoms with Crippen LogP contribution in [-0.4, -0.2) is 37.2 Å². The van der Waals surface area contributed by atoms with Crippen LogP contribution >= 0.6 is 0 Å². The molecule has 0 saturated heterocycles. The fourth-order valence-corrected chi connectivity index (χ4v) is 9.40. The van der Waals surface area contributed by atoms with E-state index in [4.69, 9.17) is 14.2 Å². The number of esters is 3. The van der Waals surface area contributed by atoms with Crippen molar-refractivity contribution in [3.05, 3.63) is 0 Å². The van der Waals surface area contributed by atoms with Crippen LogP contribution in [0.1, 0.15) is 343 Å². The second-order valence-electron chi connectivity index (χ2n) is 21.9. The van der Waals surface area contributed by atoms with E-state index in [9.17, 15) is 14.4 Å². The van der Waals surface area contributed by atoms with E-state index in [2.05, 4.69) is 34.6 Å². The minimum Gasteiger partial charge on any atom is -0.462 e. The van der Waals surface area contributed by atoms with Gasteiger partial charge in [0, 0.05) is 19.3 Å². The zero-order chi connectivity index (χ0) is 48.9. The van der Waals surface area contributed by atoms with Crippen molar-refractivity contribution in [2.75, 3.05) is 13.2 Å². The molecule has 67 heavy (non-hydrogen) atoms. The lowest BCUT2D eigenvalue weighted by Gasteiger charge is -2.18. The van der Waals surface area contributed by atoms with E-state index >= 15 is 0 Å². The van der Waals surface area contributed by atoms with Crippen LogP contribution in [0.3, 0.4) is 0 Å². The van der Waals surface area contributed by atoms with Crippen LogP contribution in [0.25, 0.3) is 0 Å². The van der Waals surface area contributed by atoms with E-state index in [1.165, 1.54) is 231 Å². The fraction of sp³-hybridized carbons (Fsp3) is 0.951. The average molecular weight is 948 g/mol. The highest BCUT2D eigenvalue weighted by molar-refractivity contribution is 5.71. The number of carbonyl (C=O) groups is 3. The van der Waals surface area contributed by atoms with Crippen LogP contribution in [0.5, 0.6) is 0 Å². The van der Waals surface area contributed by atoms with Crippen LogP contribution in [0.4, 0.5) is 0 Å². The van der Waals surface area contributed by atoms with Gasteiger partial charge < -0.3 is 14.2 Å². The van der Waals surface area contributed by atoms with Gasteiger partial charge in [0.25, 0.3) is 0 Å². The molecule has 0 radical (unpaired) electrons. The molecular formula is C61H118O6. The van der Waals surface area contributed by atoms with Gasteiger partial charge in [0.1, 0.15) is 13.2 Å². The number of carbonyl (C=O) groups excluding carboxylic acids is 3. The minimum absolute atomic E-state index is 0.0626. The molecule has 1 atom stereocenters. The molecule has 0 bridgehead atoms. The summed E-state index contributed by atoms with van der Waals surface area (Å²) in [5.74, 6) is 0.824. The van der Waals surface area contributed by atoms with Crippen LogP contribution in [0, 0.1) is 11.8 Å². The molecule has 0 saturated carbocycles. The molecule has 0 aromatic rings. The van der Waals surface area contributed by atoms with Gasteiger partial charge in [-0.05, 0) is 31.1 Å². The molecule has 0 aliphatic carbocycles. The molecule has 0 aromatic carbocycles. The van der Waals surface area contributed by atoms with Crippen molar-refractivity contribution >= 4 is 17.9 Å². The number of rotatable bonds is 55. The summed E-state index contributed by atoms with van der Waals surface area (Å²) in [7, 11) is 0. The molecule has 0 unspecified atom stereocenters. The first-order valence-corrected chi connectivity index (χ1v) is 30.2. The van der Waals surface area contributed by atoms with E-state index in [1.807, 2.05) is 0 Å². The molecule has 398 valence electrons. The molecule has 0 spiro atoms. The van der Waals surface area contributed by atoms with Gasteiger partial charge >= 0.3 is 17.9 Å². The van der Waals surface area contributed by atoms with Gasteiger partial charge in [-0.15, -0.1) is 0 Å². The first kappa shape index (κ1) is 65.4. The molecule has 6 heteroatoms. The van der Waals surface area contributed by atoms with Crippen LogP contribution in [0.15, 0.2) is 0 Å². The summed E-state index contributed by atoms with van der Waals surface area (Å²) in [5, 5.41) is 0. The fourth-order valence-electron chi connectivity index (χ4n) is 9.40. The molecule has 0 heterocycles. The SMILES string of the molecule is CCCCCCCCCCCCCCCCCCCCC(=O)O[C@@H](COC(=O)CCCCCCCCCCCCCCCCCCC(C)C)COC(=O)CCCCCCCCCCCC(C)C. The van der Waals surface area contributed by atoms with Crippen molar-refractivity contribution in [2.24, 2.45) is 11.8 Å². The van der Waals surface area contributed by atoms with Crippen molar-refractivity contribution < 1.29 is 28.6 Å². The first-order valence-electron chi connectivity index (χ1n) is 30.2. The Morgan fingerprint density at radius 1 is 0.284 bits per heavy atom. The summed E-state index contributed by atoms with van der Waals surface area (Å²) in [6.45, 7) is 11.4. The molecule has 0 N–H and O–H groups in total. The summed E-state index contributed by atoms with van der Waals surface area (Å²) < 4.78 is 16.9. The molecule has 0 amide bonds. The monoisotopic (exact) mass is 947 g/mol. The topological polar surface area (TPSA) is 78.9 Å². The molecule has 0 fully saturated rings. The van der Waals surface area contributed by atoms with Gasteiger partial charge in [0.05, 0.1) is 0 Å². The normalized spacial score (nSPS) is 12.0. The van der Waals surface area contributed by atoms with Crippen molar-refractivity contribution in [1.82, 2.24) is 0 Å². The highest BCUT2D eigenvalue weighted by Gasteiger charge is 2.19. The lowest BCUT2D eigenvalue weighted by molar-refractivity contribution is -0.167. The Morgan fingerprint density at radius 2 is 0.493 bits per heavy atom. The van der Waals surface area contributed by atoms with E-state index in [1.54, 1.807) is 0 Å². The third kappa shape index (κ3) is 55.2. The van der Waals surface area contributed by atoms with Gasteiger partial charge in [-0.3, -0.25) is 14.4 Å². The van der Waals surface area contributed by atoms with Crippen LogP contribution in [0.2, 0.25) is 0 Å². The van der Waals surface area contributed by atoms with E-state index in [0.717, 1.165) is 69.6 Å². The smallest absolute Gasteiger partial charge is 0.306 e. The maximum atomic E-state index is 12.9. The van der Waals surface area contributed by atoms with E-state index in [-0.39, 0.29) is 31.1 Å².